The molecule has 7 nitrogen and oxygen atoms in total. The van der Waals surface area contributed by atoms with Crippen molar-refractivity contribution in [2.75, 3.05) is 0 Å². The summed E-state index contributed by atoms with van der Waals surface area (Å²) < 4.78 is 1.64. The molecule has 0 unspecified atom stereocenters. The van der Waals surface area contributed by atoms with Gasteiger partial charge in [0, 0.05) is 12.1 Å². The Morgan fingerprint density at radius 2 is 1.74 bits per heavy atom. The van der Waals surface area contributed by atoms with E-state index in [2.05, 4.69) is 15.3 Å². The monoisotopic (exact) mass is 259 g/mol. The lowest BCUT2D eigenvalue weighted by molar-refractivity contribution is -0.384. The van der Waals surface area contributed by atoms with E-state index in [1.54, 1.807) is 16.8 Å². The van der Waals surface area contributed by atoms with Crippen molar-refractivity contribution < 1.29 is 4.92 Å². The van der Waals surface area contributed by atoms with Gasteiger partial charge in [0.1, 0.15) is 0 Å². The first-order chi connectivity index (χ1) is 8.99. The fourth-order valence-corrected chi connectivity index (χ4v) is 1.64. The molecule has 0 amide bonds. The summed E-state index contributed by atoms with van der Waals surface area (Å²) in [5, 5.41) is 22.8. The van der Waals surface area contributed by atoms with Crippen molar-refractivity contribution in [1.29, 1.82) is 0 Å². The quantitative estimate of drug-likeness (QED) is 0.479. The van der Waals surface area contributed by atoms with Crippen LogP contribution in [0.15, 0.2) is 29.4 Å². The fraction of sp³-hybridized carbons (Fsp3) is 0.250. The molecule has 98 valence electrons. The molecule has 19 heavy (non-hydrogen) atoms. The normalized spacial score (nSPS) is 11.6. The van der Waals surface area contributed by atoms with Gasteiger partial charge >= 0.3 is 0 Å². The van der Waals surface area contributed by atoms with Crippen molar-refractivity contribution >= 4 is 11.4 Å². The summed E-state index contributed by atoms with van der Waals surface area (Å²) in [5.41, 5.74) is 1.62. The predicted octanol–water partition coefficient (Wildman–Crippen LogP) is 2.08. The molecule has 1 heterocycles. The van der Waals surface area contributed by atoms with Gasteiger partial charge in [0.25, 0.3) is 5.69 Å². The van der Waals surface area contributed by atoms with Gasteiger partial charge < -0.3 is 0 Å². The lowest BCUT2D eigenvalue weighted by atomic mass is 10.1. The van der Waals surface area contributed by atoms with E-state index in [0.717, 1.165) is 11.3 Å². The second-order valence-electron chi connectivity index (χ2n) is 4.10. The van der Waals surface area contributed by atoms with Crippen molar-refractivity contribution in [1.82, 2.24) is 14.9 Å². The number of nitro groups is 1. The first kappa shape index (κ1) is 12.9. The molecule has 0 radical (unpaired) electrons. The van der Waals surface area contributed by atoms with Crippen molar-refractivity contribution in [3.05, 3.63) is 51.6 Å². The van der Waals surface area contributed by atoms with E-state index in [9.17, 15) is 10.1 Å². The first-order valence-electron chi connectivity index (χ1n) is 5.68. The third-order valence-corrected chi connectivity index (χ3v) is 2.70. The Bertz CT molecular complexity index is 623. The van der Waals surface area contributed by atoms with Crippen LogP contribution in [0.25, 0.3) is 0 Å². The zero-order valence-corrected chi connectivity index (χ0v) is 10.9. The third kappa shape index (κ3) is 2.65. The Morgan fingerprint density at radius 3 is 2.21 bits per heavy atom. The van der Waals surface area contributed by atoms with Gasteiger partial charge in [0.15, 0.2) is 11.6 Å². The van der Waals surface area contributed by atoms with Gasteiger partial charge in [-0.05, 0) is 38.5 Å². The third-order valence-electron chi connectivity index (χ3n) is 2.70. The second kappa shape index (κ2) is 4.97. The first-order valence-corrected chi connectivity index (χ1v) is 5.68. The van der Waals surface area contributed by atoms with Crippen LogP contribution < -0.4 is 0 Å². The van der Waals surface area contributed by atoms with Gasteiger partial charge in [0.2, 0.25) is 0 Å². The average Bonchev–Trinajstić information content (AvgIpc) is 2.70. The Balaban J connectivity index is 2.34. The van der Waals surface area contributed by atoms with Crippen LogP contribution in [0, 0.1) is 24.0 Å². The van der Waals surface area contributed by atoms with Crippen molar-refractivity contribution in [2.45, 2.75) is 20.8 Å². The van der Waals surface area contributed by atoms with E-state index < -0.39 is 4.92 Å². The highest BCUT2D eigenvalue weighted by Crippen LogP contribution is 2.13. The molecule has 0 aliphatic rings. The van der Waals surface area contributed by atoms with Crippen molar-refractivity contribution in [3.63, 3.8) is 0 Å². The Morgan fingerprint density at radius 1 is 1.21 bits per heavy atom. The van der Waals surface area contributed by atoms with E-state index in [1.165, 1.54) is 12.1 Å². The number of benzene rings is 1. The van der Waals surface area contributed by atoms with Crippen LogP contribution in [0.4, 0.5) is 5.69 Å². The second-order valence-corrected chi connectivity index (χ2v) is 4.10. The lowest BCUT2D eigenvalue weighted by Gasteiger charge is -2.03. The molecule has 0 saturated heterocycles. The largest absolute Gasteiger partial charge is 0.269 e. The molecule has 0 aliphatic carbocycles. The minimum absolute atomic E-state index is 0.0632. The molecule has 0 saturated carbocycles. The van der Waals surface area contributed by atoms with Gasteiger partial charge in [-0.25, -0.2) is 4.68 Å². The average molecular weight is 259 g/mol. The maximum atomic E-state index is 10.6. The fourth-order valence-electron chi connectivity index (χ4n) is 1.64. The number of nitro benzene ring substituents is 1. The summed E-state index contributed by atoms with van der Waals surface area (Å²) in [6.07, 6.45) is 0. The molecule has 0 atom stereocenters. The van der Waals surface area contributed by atoms with Crippen molar-refractivity contribution in [2.24, 2.45) is 5.10 Å². The lowest BCUT2D eigenvalue weighted by Crippen LogP contribution is -2.03. The summed E-state index contributed by atoms with van der Waals surface area (Å²) >= 11 is 0. The number of aromatic nitrogens is 3. The molecule has 1 aromatic carbocycles. The van der Waals surface area contributed by atoms with Crippen LogP contribution >= 0.6 is 0 Å². The van der Waals surface area contributed by atoms with Gasteiger partial charge in [-0.1, -0.05) is 0 Å². The van der Waals surface area contributed by atoms with Gasteiger partial charge in [0.05, 0.1) is 10.6 Å². The highest BCUT2D eigenvalue weighted by molar-refractivity contribution is 5.98. The number of rotatable bonds is 3. The zero-order valence-electron chi connectivity index (χ0n) is 10.9. The predicted molar refractivity (Wildman–Crippen MR) is 70.2 cm³/mol. The Kier molecular flexibility index (Phi) is 3.37. The molecule has 1 aromatic heterocycles. The maximum absolute atomic E-state index is 10.6. The van der Waals surface area contributed by atoms with Crippen LogP contribution in [0.1, 0.15) is 24.1 Å². The smallest absolute Gasteiger partial charge is 0.258 e. The molecule has 2 rings (SSSR count). The van der Waals surface area contributed by atoms with Gasteiger partial charge in [-0.15, -0.1) is 10.2 Å². The van der Waals surface area contributed by atoms with E-state index in [4.69, 9.17) is 0 Å². The summed E-state index contributed by atoms with van der Waals surface area (Å²) in [5.74, 6) is 1.39. The highest BCUT2D eigenvalue weighted by Gasteiger charge is 2.07. The van der Waals surface area contributed by atoms with E-state index >= 15 is 0 Å². The molecule has 2 aromatic rings. The summed E-state index contributed by atoms with van der Waals surface area (Å²) in [4.78, 5) is 10.2. The molecule has 0 spiro atoms. The Hall–Kier alpha value is -2.57. The van der Waals surface area contributed by atoms with Crippen LogP contribution in [0.2, 0.25) is 0 Å². The molecular weight excluding hydrogens is 246 g/mol. The van der Waals surface area contributed by atoms with Crippen LogP contribution in [-0.2, 0) is 0 Å². The highest BCUT2D eigenvalue weighted by atomic mass is 16.6. The number of hydrogen-bond donors (Lipinski definition) is 0. The van der Waals surface area contributed by atoms with E-state index in [1.807, 2.05) is 20.8 Å². The SMILES string of the molecule is C/C(=N\n1c(C)nnc1C)c1ccc([N+](=O)[O-])cc1. The topological polar surface area (TPSA) is 86.2 Å². The standard InChI is InChI=1S/C12H13N5O2/c1-8(15-16-9(2)13-14-10(16)3)11-4-6-12(7-5-11)17(18)19/h4-7H,1-3H3/b15-8+. The number of aryl methyl sites for hydroxylation is 2. The van der Waals surface area contributed by atoms with Gasteiger partial charge in [-0.2, -0.15) is 5.10 Å². The summed E-state index contributed by atoms with van der Waals surface area (Å²) in [7, 11) is 0. The van der Waals surface area contributed by atoms with E-state index in [0.29, 0.717) is 11.6 Å². The number of hydrogen-bond acceptors (Lipinski definition) is 5. The van der Waals surface area contributed by atoms with Crippen LogP contribution in [0.5, 0.6) is 0 Å². The molecule has 7 heteroatoms. The maximum Gasteiger partial charge on any atom is 0.269 e. The molecular formula is C12H13N5O2. The minimum Gasteiger partial charge on any atom is -0.258 e. The van der Waals surface area contributed by atoms with Crippen molar-refractivity contribution in [3.8, 4) is 0 Å². The minimum atomic E-state index is -0.426. The molecule has 0 aliphatic heterocycles. The molecule has 0 bridgehead atoms. The molecule has 0 N–H and O–H groups in total. The number of non-ortho nitro benzene ring substituents is 1. The van der Waals surface area contributed by atoms with E-state index in [-0.39, 0.29) is 5.69 Å². The summed E-state index contributed by atoms with van der Waals surface area (Å²) in [6, 6.07) is 6.26. The van der Waals surface area contributed by atoms with Crippen LogP contribution in [0.3, 0.4) is 0 Å². The van der Waals surface area contributed by atoms with Crippen LogP contribution in [-0.4, -0.2) is 25.5 Å². The summed E-state index contributed by atoms with van der Waals surface area (Å²) in [6.45, 7) is 5.46. The number of nitrogens with zero attached hydrogens (tertiary/aromatic N) is 5. The van der Waals surface area contributed by atoms with Gasteiger partial charge in [-0.3, -0.25) is 10.1 Å². The molecule has 0 fully saturated rings. The zero-order chi connectivity index (χ0) is 14.0. The Labute approximate surface area is 109 Å².